The van der Waals surface area contributed by atoms with Crippen LogP contribution in [0.2, 0.25) is 0 Å². The second-order valence-corrected chi connectivity index (χ2v) is 5.73. The van der Waals surface area contributed by atoms with Gasteiger partial charge in [0.15, 0.2) is 0 Å². The van der Waals surface area contributed by atoms with E-state index in [0.29, 0.717) is 6.54 Å². The Labute approximate surface area is 103 Å². The molecule has 1 heterocycles. The fourth-order valence-electron chi connectivity index (χ4n) is 2.14. The highest BCUT2D eigenvalue weighted by Gasteiger charge is 2.33. The van der Waals surface area contributed by atoms with Crippen molar-refractivity contribution in [2.24, 2.45) is 5.92 Å². The smallest absolute Gasteiger partial charge is 0.410 e. The van der Waals surface area contributed by atoms with E-state index in [4.69, 9.17) is 4.74 Å². The zero-order chi connectivity index (χ0) is 13.1. The van der Waals surface area contributed by atoms with E-state index in [-0.39, 0.29) is 18.1 Å². The quantitative estimate of drug-likeness (QED) is 0.698. The van der Waals surface area contributed by atoms with Gasteiger partial charge in [-0.15, -0.1) is 0 Å². The molecule has 0 bridgehead atoms. The molecule has 17 heavy (non-hydrogen) atoms. The molecule has 1 rings (SSSR count). The molecule has 1 aliphatic heterocycles. The van der Waals surface area contributed by atoms with Crippen LogP contribution in [-0.4, -0.2) is 35.5 Å². The lowest BCUT2D eigenvalue weighted by molar-refractivity contribution is -0.112. The lowest BCUT2D eigenvalue weighted by Crippen LogP contribution is -2.49. The van der Waals surface area contributed by atoms with Gasteiger partial charge in [-0.1, -0.05) is 6.92 Å². The van der Waals surface area contributed by atoms with Gasteiger partial charge in [-0.2, -0.15) is 0 Å². The van der Waals surface area contributed by atoms with Crippen LogP contribution in [0.1, 0.15) is 47.0 Å². The van der Waals surface area contributed by atoms with Crippen molar-refractivity contribution in [3.8, 4) is 0 Å². The normalized spacial score (nSPS) is 23.1. The summed E-state index contributed by atoms with van der Waals surface area (Å²) in [5.41, 5.74) is -0.483. The van der Waals surface area contributed by atoms with Crippen LogP contribution in [0.3, 0.4) is 0 Å². The van der Waals surface area contributed by atoms with E-state index in [2.05, 4.69) is 0 Å². The Morgan fingerprint density at radius 1 is 1.41 bits per heavy atom. The highest BCUT2D eigenvalue weighted by Crippen LogP contribution is 2.24. The number of carbonyl (C=O) groups is 2. The van der Waals surface area contributed by atoms with E-state index in [1.807, 2.05) is 27.7 Å². The summed E-state index contributed by atoms with van der Waals surface area (Å²) in [6.45, 7) is 8.12. The van der Waals surface area contributed by atoms with E-state index < -0.39 is 5.60 Å². The number of rotatable bonds is 2. The topological polar surface area (TPSA) is 46.6 Å². The van der Waals surface area contributed by atoms with Crippen LogP contribution < -0.4 is 0 Å². The monoisotopic (exact) mass is 241 g/mol. The van der Waals surface area contributed by atoms with E-state index in [1.54, 1.807) is 4.90 Å². The number of hydrogen-bond acceptors (Lipinski definition) is 3. The minimum Gasteiger partial charge on any atom is -0.444 e. The van der Waals surface area contributed by atoms with Gasteiger partial charge in [-0.3, -0.25) is 0 Å². The number of amides is 1. The van der Waals surface area contributed by atoms with E-state index >= 15 is 0 Å². The Morgan fingerprint density at radius 2 is 2.06 bits per heavy atom. The van der Waals surface area contributed by atoms with Gasteiger partial charge in [0.1, 0.15) is 11.9 Å². The molecular formula is C13H23NO3. The molecule has 1 fully saturated rings. The summed E-state index contributed by atoms with van der Waals surface area (Å²) in [7, 11) is 0. The Kier molecular flexibility index (Phi) is 4.54. The molecule has 0 aromatic carbocycles. The molecule has 0 spiro atoms. The van der Waals surface area contributed by atoms with Gasteiger partial charge >= 0.3 is 6.09 Å². The second kappa shape index (κ2) is 5.52. The van der Waals surface area contributed by atoms with E-state index in [0.717, 1.165) is 25.5 Å². The molecule has 4 heteroatoms. The number of carbonyl (C=O) groups excluding carboxylic acids is 2. The van der Waals surface area contributed by atoms with Crippen molar-refractivity contribution < 1.29 is 14.3 Å². The molecular weight excluding hydrogens is 218 g/mol. The first-order valence-corrected chi connectivity index (χ1v) is 6.30. The average Bonchev–Trinajstić information content (AvgIpc) is 2.25. The number of hydrogen-bond donors (Lipinski definition) is 0. The summed E-state index contributed by atoms with van der Waals surface area (Å²) >= 11 is 0. The Bertz CT molecular complexity index is 283. The van der Waals surface area contributed by atoms with Gasteiger partial charge in [0.25, 0.3) is 0 Å². The summed E-state index contributed by atoms with van der Waals surface area (Å²) in [4.78, 5) is 24.6. The number of nitrogens with zero attached hydrogens (tertiary/aromatic N) is 1. The first-order valence-electron chi connectivity index (χ1n) is 6.30. The van der Waals surface area contributed by atoms with Crippen LogP contribution in [0.4, 0.5) is 4.79 Å². The Balaban J connectivity index is 2.70. The average molecular weight is 241 g/mol. The number of aldehydes is 1. The van der Waals surface area contributed by atoms with Crippen molar-refractivity contribution in [1.82, 2.24) is 4.90 Å². The SMILES string of the molecule is CC(C=O)C1CCCCN1C(=O)OC(C)(C)C. The van der Waals surface area contributed by atoms with Crippen LogP contribution in [0.5, 0.6) is 0 Å². The molecule has 0 aromatic rings. The molecule has 0 aliphatic carbocycles. The van der Waals surface area contributed by atoms with Crippen molar-refractivity contribution >= 4 is 12.4 Å². The molecule has 1 aliphatic rings. The highest BCUT2D eigenvalue weighted by atomic mass is 16.6. The lowest BCUT2D eigenvalue weighted by atomic mass is 9.93. The molecule has 1 amide bonds. The van der Waals surface area contributed by atoms with Gasteiger partial charge in [0.2, 0.25) is 0 Å². The van der Waals surface area contributed by atoms with Gasteiger partial charge in [0, 0.05) is 18.5 Å². The minimum absolute atomic E-state index is 0.00361. The maximum atomic E-state index is 12.0. The largest absolute Gasteiger partial charge is 0.444 e. The number of piperidine rings is 1. The van der Waals surface area contributed by atoms with Gasteiger partial charge in [-0.25, -0.2) is 4.79 Å². The zero-order valence-corrected chi connectivity index (χ0v) is 11.2. The standard InChI is InChI=1S/C13H23NO3/c1-10(9-15)11-7-5-6-8-14(11)12(16)17-13(2,3)4/h9-11H,5-8H2,1-4H3. The molecule has 0 saturated carbocycles. The minimum atomic E-state index is -0.483. The second-order valence-electron chi connectivity index (χ2n) is 5.73. The van der Waals surface area contributed by atoms with Gasteiger partial charge in [-0.05, 0) is 40.0 Å². The van der Waals surface area contributed by atoms with Crippen molar-refractivity contribution in [2.45, 2.75) is 58.6 Å². The van der Waals surface area contributed by atoms with Crippen LogP contribution in [0.15, 0.2) is 0 Å². The summed E-state index contributed by atoms with van der Waals surface area (Å²) in [6.07, 6.45) is 3.58. The molecule has 0 N–H and O–H groups in total. The third kappa shape index (κ3) is 4.02. The predicted octanol–water partition coefficient (Wildman–Crippen LogP) is 2.61. The molecule has 0 radical (unpaired) electrons. The van der Waals surface area contributed by atoms with Gasteiger partial charge < -0.3 is 14.4 Å². The fraction of sp³-hybridized carbons (Fsp3) is 0.846. The summed E-state index contributed by atoms with van der Waals surface area (Å²) in [6, 6.07) is -0.00361. The van der Waals surface area contributed by atoms with Crippen molar-refractivity contribution in [3.05, 3.63) is 0 Å². The number of ether oxygens (including phenoxy) is 1. The third-order valence-corrected chi connectivity index (χ3v) is 3.00. The maximum Gasteiger partial charge on any atom is 0.410 e. The summed E-state index contributed by atoms with van der Waals surface area (Å²) in [5.74, 6) is -0.122. The molecule has 1 saturated heterocycles. The maximum absolute atomic E-state index is 12.0. The molecule has 98 valence electrons. The summed E-state index contributed by atoms with van der Waals surface area (Å²) in [5, 5.41) is 0. The number of likely N-dealkylation sites (tertiary alicyclic amines) is 1. The molecule has 2 atom stereocenters. The van der Waals surface area contributed by atoms with Crippen LogP contribution in [-0.2, 0) is 9.53 Å². The first-order chi connectivity index (χ1) is 7.85. The van der Waals surface area contributed by atoms with Crippen molar-refractivity contribution in [3.63, 3.8) is 0 Å². The first kappa shape index (κ1) is 14.0. The lowest BCUT2D eigenvalue weighted by Gasteiger charge is -2.38. The predicted molar refractivity (Wildman–Crippen MR) is 65.8 cm³/mol. The Hall–Kier alpha value is -1.06. The van der Waals surface area contributed by atoms with E-state index in [9.17, 15) is 9.59 Å². The molecule has 0 aromatic heterocycles. The molecule has 2 unspecified atom stereocenters. The van der Waals surface area contributed by atoms with Crippen LogP contribution in [0.25, 0.3) is 0 Å². The van der Waals surface area contributed by atoms with Crippen LogP contribution in [0, 0.1) is 5.92 Å². The fourth-order valence-corrected chi connectivity index (χ4v) is 2.14. The van der Waals surface area contributed by atoms with Crippen molar-refractivity contribution in [2.75, 3.05) is 6.54 Å². The van der Waals surface area contributed by atoms with E-state index in [1.165, 1.54) is 0 Å². The highest BCUT2D eigenvalue weighted by molar-refractivity contribution is 5.69. The van der Waals surface area contributed by atoms with Crippen molar-refractivity contribution in [1.29, 1.82) is 0 Å². The molecule has 4 nitrogen and oxygen atoms in total. The van der Waals surface area contributed by atoms with Crippen LogP contribution >= 0.6 is 0 Å². The summed E-state index contributed by atoms with van der Waals surface area (Å²) < 4.78 is 5.37. The van der Waals surface area contributed by atoms with Gasteiger partial charge in [0.05, 0.1) is 0 Å². The third-order valence-electron chi connectivity index (χ3n) is 3.00. The Morgan fingerprint density at radius 3 is 2.59 bits per heavy atom. The zero-order valence-electron chi connectivity index (χ0n) is 11.2.